The number of hydrogen-bond donors (Lipinski definition) is 20. The monoisotopic (exact) mass is 936 g/mol. The van der Waals surface area contributed by atoms with Crippen LogP contribution in [-0.4, -0.2) is 188 Å². The third kappa shape index (κ3) is 6.54. The SMILES string of the molecule is CC(=O)N1C(O)(O)C(O)(O)N(C2C(O)(O)C(c3c(C)c(O)c(F)c(O)c3O)N(C(=O)N(C)C(C)c3c(O)c(C(F)(F)F)c(O)c(C(F)(F)F)c3O)C(O)(O)C2(O)O)C(O)(O)C1(O)O. The predicted molar refractivity (Wildman–Crippen MR) is 172 cm³/mol. The summed E-state index contributed by atoms with van der Waals surface area (Å²) in [5, 5.41) is 218. The predicted octanol–water partition coefficient (Wildman–Crippen LogP) is -5.34. The summed E-state index contributed by atoms with van der Waals surface area (Å²) in [4.78, 5) is 21.6. The molecular weight excluding hydrogens is 901 g/mol. The van der Waals surface area contributed by atoms with Crippen molar-refractivity contribution in [1.29, 1.82) is 0 Å². The van der Waals surface area contributed by atoms with Gasteiger partial charge in [0.2, 0.25) is 17.5 Å². The summed E-state index contributed by atoms with van der Waals surface area (Å²) in [5.74, 6) is -56.8. The Balaban J connectivity index is 2.19. The summed E-state index contributed by atoms with van der Waals surface area (Å²) in [7, 11) is 0.148. The summed E-state index contributed by atoms with van der Waals surface area (Å²) >= 11 is 0. The van der Waals surface area contributed by atoms with Crippen molar-refractivity contribution < 1.29 is 142 Å². The number of piperazine rings is 1. The second-order valence-corrected chi connectivity index (χ2v) is 14.3. The first-order valence-electron chi connectivity index (χ1n) is 16.5. The van der Waals surface area contributed by atoms with E-state index in [4.69, 9.17) is 0 Å². The van der Waals surface area contributed by atoms with Crippen LogP contribution in [0.25, 0.3) is 0 Å². The molecule has 3 atom stereocenters. The molecule has 3 amide bonds. The Bertz CT molecular complexity index is 2150. The molecule has 26 nitrogen and oxygen atoms in total. The van der Waals surface area contributed by atoms with Crippen LogP contribution in [0.5, 0.6) is 34.5 Å². The van der Waals surface area contributed by atoms with Crippen molar-refractivity contribution in [3.8, 4) is 34.5 Å². The number of halogens is 7. The number of aromatic hydroxyl groups is 6. The topological polar surface area (TPSA) is 452 Å². The van der Waals surface area contributed by atoms with Crippen LogP contribution in [-0.2, 0) is 17.1 Å². The van der Waals surface area contributed by atoms with E-state index in [0.717, 1.165) is 0 Å². The van der Waals surface area contributed by atoms with E-state index in [1.54, 1.807) is 0 Å². The van der Waals surface area contributed by atoms with Gasteiger partial charge >= 0.3 is 47.9 Å². The van der Waals surface area contributed by atoms with Crippen molar-refractivity contribution in [3.63, 3.8) is 0 Å². The van der Waals surface area contributed by atoms with Gasteiger partial charge in [-0.25, -0.2) is 9.69 Å². The number of benzene rings is 2. The molecule has 0 bridgehead atoms. The highest BCUT2D eigenvalue weighted by Gasteiger charge is 2.86. The zero-order chi connectivity index (χ0) is 49.6. The fourth-order valence-corrected chi connectivity index (χ4v) is 7.33. The first-order chi connectivity index (χ1) is 27.8. The van der Waals surface area contributed by atoms with Gasteiger partial charge in [-0.05, 0) is 13.8 Å². The van der Waals surface area contributed by atoms with Gasteiger partial charge in [-0.1, -0.05) is 0 Å². The lowest BCUT2D eigenvalue weighted by atomic mass is 9.76. The van der Waals surface area contributed by atoms with Crippen LogP contribution in [0, 0.1) is 12.7 Å². The van der Waals surface area contributed by atoms with Crippen molar-refractivity contribution in [2.75, 3.05) is 7.05 Å². The minimum Gasteiger partial charge on any atom is -0.507 e. The maximum Gasteiger partial charge on any atom is 0.423 e. The van der Waals surface area contributed by atoms with E-state index in [0.29, 0.717) is 6.92 Å². The molecule has 20 N–H and O–H groups in total. The summed E-state index contributed by atoms with van der Waals surface area (Å²) in [6.45, 7) is 0.763. The molecule has 0 saturated carbocycles. The van der Waals surface area contributed by atoms with E-state index in [-0.39, 0.29) is 20.9 Å². The number of carbonyl (C=O) groups excluding carboxylic acids is 2. The number of carbonyl (C=O) groups is 2. The Labute approximate surface area is 341 Å². The molecule has 4 rings (SSSR count). The lowest BCUT2D eigenvalue weighted by molar-refractivity contribution is -0.623. The Hall–Kier alpha value is -5.11. The number of nitrogens with zero attached hydrogens (tertiary/aromatic N) is 4. The quantitative estimate of drug-likeness (QED) is 0.0589. The largest absolute Gasteiger partial charge is 0.507 e. The molecule has 2 saturated heterocycles. The molecule has 2 aliphatic heterocycles. The molecule has 356 valence electrons. The zero-order valence-electron chi connectivity index (χ0n) is 31.4. The second kappa shape index (κ2) is 14.2. The van der Waals surface area contributed by atoms with Crippen LogP contribution in [0.3, 0.4) is 0 Å². The summed E-state index contributed by atoms with van der Waals surface area (Å²) in [6.07, 6.45) is -12.3. The van der Waals surface area contributed by atoms with Gasteiger partial charge < -0.3 is 107 Å². The molecule has 33 heteroatoms. The number of rotatable bonds is 4. The van der Waals surface area contributed by atoms with E-state index in [2.05, 4.69) is 0 Å². The average molecular weight is 937 g/mol. The molecule has 2 aromatic carbocycles. The fourth-order valence-electron chi connectivity index (χ4n) is 7.33. The fraction of sp³-hybridized carbons (Fsp3) is 0.533. The van der Waals surface area contributed by atoms with Crippen LogP contribution in [0.1, 0.15) is 53.7 Å². The van der Waals surface area contributed by atoms with Gasteiger partial charge in [-0.15, -0.1) is 0 Å². The molecule has 63 heavy (non-hydrogen) atoms. The van der Waals surface area contributed by atoms with Crippen molar-refractivity contribution in [3.05, 3.63) is 33.6 Å². The van der Waals surface area contributed by atoms with Gasteiger partial charge in [0.1, 0.15) is 40.5 Å². The average Bonchev–Trinajstić information content (AvgIpc) is 3.07. The van der Waals surface area contributed by atoms with Crippen molar-refractivity contribution in [1.82, 2.24) is 19.6 Å². The highest BCUT2D eigenvalue weighted by molar-refractivity contribution is 5.78. The van der Waals surface area contributed by atoms with E-state index < -0.39 is 171 Å². The maximum absolute atomic E-state index is 14.8. The number of phenols is 6. The normalized spacial score (nSPS) is 24.2. The Kier molecular flexibility index (Phi) is 11.4. The Morgan fingerprint density at radius 2 is 1.03 bits per heavy atom. The summed E-state index contributed by atoms with van der Waals surface area (Å²) in [5.41, 5.74) is -11.4. The third-order valence-corrected chi connectivity index (χ3v) is 10.5. The van der Waals surface area contributed by atoms with Crippen molar-refractivity contribution >= 4 is 11.9 Å². The smallest absolute Gasteiger partial charge is 0.423 e. The number of amides is 3. The van der Waals surface area contributed by atoms with Crippen LogP contribution in [0.4, 0.5) is 35.5 Å². The molecule has 2 aliphatic rings. The summed E-state index contributed by atoms with van der Waals surface area (Å²) in [6, 6.07) is -14.3. The molecule has 2 heterocycles. The van der Waals surface area contributed by atoms with Gasteiger partial charge in [-0.2, -0.15) is 35.6 Å². The zero-order valence-corrected chi connectivity index (χ0v) is 31.4. The summed E-state index contributed by atoms with van der Waals surface area (Å²) < 4.78 is 98.5. The second-order valence-electron chi connectivity index (χ2n) is 14.3. The van der Waals surface area contributed by atoms with Crippen molar-refractivity contribution in [2.24, 2.45) is 0 Å². The number of piperidine rings is 1. The Morgan fingerprint density at radius 3 is 1.40 bits per heavy atom. The number of hydrogen-bond acceptors (Lipinski definition) is 23. The lowest BCUT2D eigenvalue weighted by Gasteiger charge is -2.67. The van der Waals surface area contributed by atoms with Crippen LogP contribution >= 0.6 is 0 Å². The molecule has 0 aliphatic carbocycles. The van der Waals surface area contributed by atoms with Crippen LogP contribution < -0.4 is 0 Å². The van der Waals surface area contributed by atoms with Crippen LogP contribution in [0.15, 0.2) is 0 Å². The highest BCUT2D eigenvalue weighted by Crippen LogP contribution is 2.60. The van der Waals surface area contributed by atoms with E-state index in [1.807, 2.05) is 0 Å². The van der Waals surface area contributed by atoms with Gasteiger partial charge in [0, 0.05) is 25.1 Å². The Morgan fingerprint density at radius 1 is 0.635 bits per heavy atom. The van der Waals surface area contributed by atoms with Gasteiger partial charge in [0.05, 0.1) is 11.6 Å². The first kappa shape index (κ1) is 50.5. The maximum atomic E-state index is 14.8. The number of urea groups is 1. The molecule has 2 fully saturated rings. The molecule has 0 spiro atoms. The minimum atomic E-state index is -6.15. The van der Waals surface area contributed by atoms with E-state index in [1.165, 1.54) is 0 Å². The molecule has 0 radical (unpaired) electrons. The number of phenolic OH excluding ortho intramolecular Hbond substituents is 6. The van der Waals surface area contributed by atoms with Crippen LogP contribution in [0.2, 0.25) is 0 Å². The van der Waals surface area contributed by atoms with E-state index in [9.17, 15) is 142 Å². The number of likely N-dealkylation sites (tertiary alicyclic amines) is 1. The van der Waals surface area contributed by atoms with Gasteiger partial charge in [0.15, 0.2) is 17.2 Å². The number of aliphatic hydroxyl groups is 14. The number of alkyl halides is 6. The molecular formula is C30H35F7N4O22. The third-order valence-electron chi connectivity index (χ3n) is 10.5. The highest BCUT2D eigenvalue weighted by atomic mass is 19.4. The molecule has 0 aromatic heterocycles. The standard InChI is InChI=1S/C30H35F7N4O22/c1-5-8(16(46)18(48)12(31)13(5)43)19-22(50,51)20(41-29(60,61)27(56,57)40(7(3)42)28(58,59)30(41,62)63)23(52,53)26(54,55)39(19)21(49)38(4)6(2)9-14(44)10(24(32,33)34)17(47)11(15(9)45)25(35,36)37/h6,19-20,43-48,50-63H,1-4H3. The molecule has 3 unspecified atom stereocenters. The van der Waals surface area contributed by atoms with Crippen molar-refractivity contribution in [2.45, 2.75) is 92.4 Å². The van der Waals surface area contributed by atoms with Gasteiger partial charge in [0.25, 0.3) is 5.79 Å². The molecule has 2 aromatic rings. The lowest BCUT2D eigenvalue weighted by Crippen LogP contribution is -2.96. The minimum absolute atomic E-state index is 0.115. The van der Waals surface area contributed by atoms with E-state index >= 15 is 0 Å². The van der Waals surface area contributed by atoms with Gasteiger partial charge in [-0.3, -0.25) is 9.69 Å². The first-order valence-corrected chi connectivity index (χ1v) is 16.5.